The molecule has 1 aromatic carbocycles. The summed E-state index contributed by atoms with van der Waals surface area (Å²) in [5.74, 6) is 0.359. The standard InChI is InChI=1S/C17H21FN4O2/c1-24-9-6-19-17(23)20-13-10-12-4-5-15(22-7-2-3-8-22)21-16(12)14(18)11-13/h4-5,10-11H,2-3,6-9H2,1H3,(H2,19,20,23). The number of hydrogen-bond acceptors (Lipinski definition) is 4. The number of pyridine rings is 1. The average molecular weight is 332 g/mol. The first-order valence-electron chi connectivity index (χ1n) is 8.06. The van der Waals surface area contributed by atoms with Crippen LogP contribution in [0.15, 0.2) is 24.3 Å². The molecule has 0 bridgehead atoms. The van der Waals surface area contributed by atoms with E-state index >= 15 is 0 Å². The van der Waals surface area contributed by atoms with Crippen molar-refractivity contribution >= 4 is 28.4 Å². The first kappa shape index (κ1) is 16.4. The van der Waals surface area contributed by atoms with Crippen LogP contribution in [0, 0.1) is 5.82 Å². The molecule has 128 valence electrons. The summed E-state index contributed by atoms with van der Waals surface area (Å²) in [6.45, 7) is 2.73. The van der Waals surface area contributed by atoms with Crippen molar-refractivity contribution in [2.24, 2.45) is 0 Å². The molecule has 0 unspecified atom stereocenters. The number of carbonyl (C=O) groups is 1. The fourth-order valence-corrected chi connectivity index (χ4v) is 2.82. The smallest absolute Gasteiger partial charge is 0.319 e. The van der Waals surface area contributed by atoms with Gasteiger partial charge in [0.15, 0.2) is 5.82 Å². The number of rotatable bonds is 5. The van der Waals surface area contributed by atoms with E-state index in [1.807, 2.05) is 12.1 Å². The molecule has 24 heavy (non-hydrogen) atoms. The SMILES string of the molecule is COCCNC(=O)Nc1cc(F)c2nc(N3CCCC3)ccc2c1. The number of urea groups is 1. The summed E-state index contributed by atoms with van der Waals surface area (Å²) in [7, 11) is 1.56. The number of carbonyl (C=O) groups excluding carboxylic acids is 1. The van der Waals surface area contributed by atoms with Gasteiger partial charge in [0.2, 0.25) is 0 Å². The molecule has 3 rings (SSSR count). The number of hydrogen-bond donors (Lipinski definition) is 2. The van der Waals surface area contributed by atoms with Crippen LogP contribution >= 0.6 is 0 Å². The Morgan fingerprint density at radius 2 is 2.12 bits per heavy atom. The van der Waals surface area contributed by atoms with Gasteiger partial charge in [0, 0.05) is 37.8 Å². The first-order chi connectivity index (χ1) is 11.7. The summed E-state index contributed by atoms with van der Waals surface area (Å²) in [5, 5.41) is 5.90. The summed E-state index contributed by atoms with van der Waals surface area (Å²) in [6, 6.07) is 6.35. The van der Waals surface area contributed by atoms with E-state index in [4.69, 9.17) is 4.74 Å². The van der Waals surface area contributed by atoms with Crippen LogP contribution in [0.4, 0.5) is 20.7 Å². The van der Waals surface area contributed by atoms with Gasteiger partial charge < -0.3 is 20.3 Å². The number of ether oxygens (including phenoxy) is 1. The van der Waals surface area contributed by atoms with Crippen LogP contribution < -0.4 is 15.5 Å². The number of anilines is 2. The zero-order chi connectivity index (χ0) is 16.9. The van der Waals surface area contributed by atoms with Crippen LogP contribution in [0.25, 0.3) is 10.9 Å². The van der Waals surface area contributed by atoms with Crippen LogP contribution in [0.3, 0.4) is 0 Å². The molecule has 1 saturated heterocycles. The number of nitrogens with zero attached hydrogens (tertiary/aromatic N) is 2. The minimum atomic E-state index is -0.444. The van der Waals surface area contributed by atoms with E-state index in [2.05, 4.69) is 20.5 Å². The van der Waals surface area contributed by atoms with Crippen molar-refractivity contribution in [3.05, 3.63) is 30.1 Å². The van der Waals surface area contributed by atoms with Crippen molar-refractivity contribution in [2.45, 2.75) is 12.8 Å². The lowest BCUT2D eigenvalue weighted by molar-refractivity contribution is 0.198. The van der Waals surface area contributed by atoms with E-state index in [9.17, 15) is 9.18 Å². The molecule has 6 nitrogen and oxygen atoms in total. The molecule has 2 heterocycles. The number of aromatic nitrogens is 1. The molecular formula is C17H21FN4O2. The molecule has 0 saturated carbocycles. The first-order valence-corrected chi connectivity index (χ1v) is 8.06. The van der Waals surface area contributed by atoms with Gasteiger partial charge in [-0.3, -0.25) is 0 Å². The third-order valence-corrected chi connectivity index (χ3v) is 4.01. The van der Waals surface area contributed by atoms with Gasteiger partial charge in [0.1, 0.15) is 11.3 Å². The lowest BCUT2D eigenvalue weighted by atomic mass is 10.2. The Morgan fingerprint density at radius 1 is 1.33 bits per heavy atom. The third kappa shape index (κ3) is 3.73. The third-order valence-electron chi connectivity index (χ3n) is 4.01. The molecule has 1 aliphatic heterocycles. The highest BCUT2D eigenvalue weighted by Gasteiger charge is 2.15. The summed E-state index contributed by atoms with van der Waals surface area (Å²) >= 11 is 0. The van der Waals surface area contributed by atoms with Crippen LogP contribution in [-0.2, 0) is 4.74 Å². The Balaban J connectivity index is 1.77. The Kier molecular flexibility index (Phi) is 5.10. The highest BCUT2D eigenvalue weighted by Crippen LogP contribution is 2.26. The van der Waals surface area contributed by atoms with Gasteiger partial charge in [0.25, 0.3) is 0 Å². The summed E-state index contributed by atoms with van der Waals surface area (Å²) < 4.78 is 19.3. The Hall–Kier alpha value is -2.41. The van der Waals surface area contributed by atoms with Crippen molar-refractivity contribution in [3.8, 4) is 0 Å². The molecule has 7 heteroatoms. The highest BCUT2D eigenvalue weighted by atomic mass is 19.1. The number of methoxy groups -OCH3 is 1. The normalized spacial score (nSPS) is 14.2. The fraction of sp³-hybridized carbons (Fsp3) is 0.412. The Bertz CT molecular complexity index is 732. The molecule has 1 aromatic heterocycles. The lowest BCUT2D eigenvalue weighted by Crippen LogP contribution is -2.31. The maximum absolute atomic E-state index is 14.4. The van der Waals surface area contributed by atoms with Gasteiger partial charge in [-0.2, -0.15) is 0 Å². The van der Waals surface area contributed by atoms with E-state index in [1.165, 1.54) is 6.07 Å². The summed E-state index contributed by atoms with van der Waals surface area (Å²) in [4.78, 5) is 18.3. The Morgan fingerprint density at radius 3 is 2.88 bits per heavy atom. The topological polar surface area (TPSA) is 66.5 Å². The van der Waals surface area contributed by atoms with Gasteiger partial charge in [0.05, 0.1) is 6.61 Å². The van der Waals surface area contributed by atoms with Gasteiger partial charge in [-0.15, -0.1) is 0 Å². The summed E-state index contributed by atoms with van der Waals surface area (Å²) in [5.41, 5.74) is 0.718. The second-order valence-corrected chi connectivity index (χ2v) is 5.77. The lowest BCUT2D eigenvalue weighted by Gasteiger charge is -2.17. The van der Waals surface area contributed by atoms with E-state index < -0.39 is 11.8 Å². The average Bonchev–Trinajstić information content (AvgIpc) is 3.09. The van der Waals surface area contributed by atoms with Gasteiger partial charge in [-0.1, -0.05) is 0 Å². The molecule has 0 atom stereocenters. The fourth-order valence-electron chi connectivity index (χ4n) is 2.82. The minimum absolute atomic E-state index is 0.324. The van der Waals surface area contributed by atoms with Crippen LogP contribution in [0.2, 0.25) is 0 Å². The Labute approximate surface area is 140 Å². The number of nitrogens with one attached hydrogen (secondary N) is 2. The van der Waals surface area contributed by atoms with E-state index in [0.29, 0.717) is 29.7 Å². The van der Waals surface area contributed by atoms with Crippen molar-refractivity contribution in [2.75, 3.05) is 43.6 Å². The van der Waals surface area contributed by atoms with Crippen molar-refractivity contribution in [3.63, 3.8) is 0 Å². The minimum Gasteiger partial charge on any atom is -0.383 e. The zero-order valence-electron chi connectivity index (χ0n) is 13.6. The summed E-state index contributed by atoms with van der Waals surface area (Å²) in [6.07, 6.45) is 2.28. The number of halogens is 1. The van der Waals surface area contributed by atoms with Crippen LogP contribution in [-0.4, -0.2) is 44.4 Å². The zero-order valence-corrected chi connectivity index (χ0v) is 13.6. The second kappa shape index (κ2) is 7.44. The molecule has 0 spiro atoms. The molecule has 1 aliphatic rings. The monoisotopic (exact) mass is 332 g/mol. The quantitative estimate of drug-likeness (QED) is 0.826. The molecule has 0 aliphatic carbocycles. The molecular weight excluding hydrogens is 311 g/mol. The van der Waals surface area contributed by atoms with E-state index in [-0.39, 0.29) is 0 Å². The molecule has 2 N–H and O–H groups in total. The molecule has 2 aromatic rings. The highest BCUT2D eigenvalue weighted by molar-refractivity contribution is 5.93. The number of benzene rings is 1. The van der Waals surface area contributed by atoms with Crippen LogP contribution in [0.5, 0.6) is 0 Å². The predicted molar refractivity (Wildman–Crippen MR) is 92.0 cm³/mol. The van der Waals surface area contributed by atoms with Crippen LogP contribution in [0.1, 0.15) is 12.8 Å². The number of fused-ring (bicyclic) bond motifs is 1. The maximum atomic E-state index is 14.4. The van der Waals surface area contributed by atoms with Gasteiger partial charge in [-0.05, 0) is 37.1 Å². The van der Waals surface area contributed by atoms with Gasteiger partial charge >= 0.3 is 6.03 Å². The number of amides is 2. The largest absolute Gasteiger partial charge is 0.383 e. The predicted octanol–water partition coefficient (Wildman–Crippen LogP) is 2.74. The van der Waals surface area contributed by atoms with Crippen molar-refractivity contribution in [1.29, 1.82) is 0 Å². The van der Waals surface area contributed by atoms with Crippen molar-refractivity contribution < 1.29 is 13.9 Å². The van der Waals surface area contributed by atoms with E-state index in [1.54, 1.807) is 13.2 Å². The molecule has 0 radical (unpaired) electrons. The molecule has 1 fully saturated rings. The van der Waals surface area contributed by atoms with Crippen molar-refractivity contribution in [1.82, 2.24) is 10.3 Å². The van der Waals surface area contributed by atoms with Gasteiger partial charge in [-0.25, -0.2) is 14.2 Å². The van der Waals surface area contributed by atoms with E-state index in [0.717, 1.165) is 31.7 Å². The second-order valence-electron chi connectivity index (χ2n) is 5.77. The maximum Gasteiger partial charge on any atom is 0.319 e. The molecule has 2 amide bonds.